The van der Waals surface area contributed by atoms with E-state index in [9.17, 15) is 0 Å². The number of nitrogens with zero attached hydrogens (tertiary/aromatic N) is 1. The highest BCUT2D eigenvalue weighted by Gasteiger charge is 2.06. The minimum absolute atomic E-state index is 0.574. The molecule has 5 nitrogen and oxygen atoms in total. The van der Waals surface area contributed by atoms with Crippen molar-refractivity contribution in [3.05, 3.63) is 48.5 Å². The Bertz CT molecular complexity index is 675. The molecule has 0 saturated heterocycles. The number of nitrogens with one attached hydrogen (secondary N) is 2. The van der Waals surface area contributed by atoms with Crippen LogP contribution < -0.4 is 20.1 Å². The van der Waals surface area contributed by atoms with Crippen molar-refractivity contribution >= 4 is 23.0 Å². The van der Waals surface area contributed by atoms with Gasteiger partial charge in [0.25, 0.3) is 0 Å². The number of hydrogen-bond donors (Lipinski definition) is 2. The molecule has 0 radical (unpaired) electrons. The summed E-state index contributed by atoms with van der Waals surface area (Å²) < 4.78 is 11.4. The smallest absolute Gasteiger partial charge is 0.170 e. The van der Waals surface area contributed by atoms with Gasteiger partial charge in [-0.15, -0.1) is 0 Å². The predicted octanol–water partition coefficient (Wildman–Crippen LogP) is 3.73. The van der Waals surface area contributed by atoms with E-state index in [4.69, 9.17) is 21.7 Å². The van der Waals surface area contributed by atoms with Crippen LogP contribution in [0.1, 0.15) is 6.92 Å². The summed E-state index contributed by atoms with van der Waals surface area (Å²) in [5.74, 6) is 2.28. The monoisotopic (exact) mass is 359 g/mol. The molecule has 0 aliphatic rings. The summed E-state index contributed by atoms with van der Waals surface area (Å²) >= 11 is 5.35. The molecule has 0 amide bonds. The fourth-order valence-electron chi connectivity index (χ4n) is 2.12. The molecule has 0 aliphatic carbocycles. The topological polar surface area (TPSA) is 45.8 Å². The maximum absolute atomic E-state index is 5.97. The molecule has 0 heterocycles. The van der Waals surface area contributed by atoms with Gasteiger partial charge < -0.3 is 25.0 Å². The van der Waals surface area contributed by atoms with E-state index < -0.39 is 0 Å². The van der Waals surface area contributed by atoms with E-state index >= 15 is 0 Å². The van der Waals surface area contributed by atoms with Gasteiger partial charge in [-0.25, -0.2) is 0 Å². The Kier molecular flexibility index (Phi) is 7.50. The van der Waals surface area contributed by atoms with Gasteiger partial charge in [-0.3, -0.25) is 0 Å². The van der Waals surface area contributed by atoms with Crippen LogP contribution in [0.3, 0.4) is 0 Å². The van der Waals surface area contributed by atoms with E-state index in [0.717, 1.165) is 30.3 Å². The highest BCUT2D eigenvalue weighted by molar-refractivity contribution is 7.80. The van der Waals surface area contributed by atoms with Gasteiger partial charge in [0.1, 0.15) is 11.5 Å². The summed E-state index contributed by atoms with van der Waals surface area (Å²) in [5.41, 5.74) is 0.818. The van der Waals surface area contributed by atoms with Crippen LogP contribution in [0.25, 0.3) is 0 Å². The molecule has 2 rings (SSSR count). The third-order valence-electron chi connectivity index (χ3n) is 3.34. The van der Waals surface area contributed by atoms with E-state index in [1.807, 2.05) is 69.6 Å². The predicted molar refractivity (Wildman–Crippen MR) is 107 cm³/mol. The summed E-state index contributed by atoms with van der Waals surface area (Å²) in [6.07, 6.45) is 0. The molecule has 6 heteroatoms. The van der Waals surface area contributed by atoms with E-state index in [1.54, 1.807) is 0 Å². The fourth-order valence-corrected chi connectivity index (χ4v) is 2.33. The number of ether oxygens (including phenoxy) is 2. The van der Waals surface area contributed by atoms with Crippen LogP contribution in [0.2, 0.25) is 0 Å². The Morgan fingerprint density at radius 2 is 1.72 bits per heavy atom. The lowest BCUT2D eigenvalue weighted by Crippen LogP contribution is -2.34. The second-order valence-electron chi connectivity index (χ2n) is 5.69. The fraction of sp³-hybridized carbons (Fsp3) is 0.316. The second kappa shape index (κ2) is 9.86. The lowest BCUT2D eigenvalue weighted by Gasteiger charge is -2.16. The lowest BCUT2D eigenvalue weighted by molar-refractivity contribution is 0.339. The Hall–Kier alpha value is -2.31. The quantitative estimate of drug-likeness (QED) is 0.701. The molecule has 0 spiro atoms. The van der Waals surface area contributed by atoms with Crippen molar-refractivity contribution in [3.63, 3.8) is 0 Å². The van der Waals surface area contributed by atoms with Gasteiger partial charge in [-0.1, -0.05) is 12.1 Å². The maximum Gasteiger partial charge on any atom is 0.170 e. The first-order chi connectivity index (χ1) is 12.1. The molecule has 134 valence electrons. The van der Waals surface area contributed by atoms with E-state index in [1.165, 1.54) is 0 Å². The number of anilines is 1. The molecule has 0 aliphatic heterocycles. The van der Waals surface area contributed by atoms with Gasteiger partial charge in [0, 0.05) is 13.1 Å². The number of benzene rings is 2. The maximum atomic E-state index is 5.97. The molecule has 2 N–H and O–H groups in total. The van der Waals surface area contributed by atoms with Crippen molar-refractivity contribution in [2.24, 2.45) is 0 Å². The second-order valence-corrected chi connectivity index (χ2v) is 6.10. The number of thiocarbonyl (C=S) groups is 1. The zero-order chi connectivity index (χ0) is 18.1. The van der Waals surface area contributed by atoms with E-state index in [2.05, 4.69) is 15.5 Å². The molecule has 0 saturated carbocycles. The van der Waals surface area contributed by atoms with Crippen LogP contribution in [0.5, 0.6) is 17.2 Å². The minimum Gasteiger partial charge on any atom is -0.494 e. The summed E-state index contributed by atoms with van der Waals surface area (Å²) in [6.45, 7) is 4.29. The SMILES string of the molecule is CCOc1ccc(Oc2ccccc2NC(=S)NCCN(C)C)cc1. The van der Waals surface area contributed by atoms with Crippen molar-refractivity contribution in [2.75, 3.05) is 39.1 Å². The first-order valence-electron chi connectivity index (χ1n) is 8.28. The third-order valence-corrected chi connectivity index (χ3v) is 3.59. The van der Waals surface area contributed by atoms with Crippen molar-refractivity contribution in [1.29, 1.82) is 0 Å². The number of para-hydroxylation sites is 2. The number of hydrogen-bond acceptors (Lipinski definition) is 4. The normalized spacial score (nSPS) is 10.4. The van der Waals surface area contributed by atoms with Crippen molar-refractivity contribution in [3.8, 4) is 17.2 Å². The zero-order valence-corrected chi connectivity index (χ0v) is 15.7. The molecule has 2 aromatic rings. The van der Waals surface area contributed by atoms with Crippen LogP contribution in [0.15, 0.2) is 48.5 Å². The Morgan fingerprint density at radius 3 is 2.40 bits per heavy atom. The minimum atomic E-state index is 0.574. The van der Waals surface area contributed by atoms with Crippen molar-refractivity contribution < 1.29 is 9.47 Å². The summed E-state index contributed by atoms with van der Waals surface area (Å²) in [7, 11) is 4.05. The first kappa shape index (κ1) is 19.0. The molecule has 0 bridgehead atoms. The van der Waals surface area contributed by atoms with Crippen LogP contribution in [-0.2, 0) is 0 Å². The molecule has 2 aromatic carbocycles. The van der Waals surface area contributed by atoms with Crippen LogP contribution in [0, 0.1) is 0 Å². The van der Waals surface area contributed by atoms with Crippen LogP contribution in [-0.4, -0.2) is 43.8 Å². The van der Waals surface area contributed by atoms with Crippen LogP contribution >= 0.6 is 12.2 Å². The molecule has 25 heavy (non-hydrogen) atoms. The van der Waals surface area contributed by atoms with Gasteiger partial charge in [0.15, 0.2) is 10.9 Å². The molecular weight excluding hydrogens is 334 g/mol. The third kappa shape index (κ3) is 6.60. The summed E-state index contributed by atoms with van der Waals surface area (Å²) in [5, 5.41) is 6.94. The summed E-state index contributed by atoms with van der Waals surface area (Å²) in [4.78, 5) is 2.10. The molecule has 0 fully saturated rings. The van der Waals surface area contributed by atoms with Crippen LogP contribution in [0.4, 0.5) is 5.69 Å². The van der Waals surface area contributed by atoms with Gasteiger partial charge >= 0.3 is 0 Å². The number of rotatable bonds is 8. The molecular formula is C19H25N3O2S. The highest BCUT2D eigenvalue weighted by atomic mass is 32.1. The lowest BCUT2D eigenvalue weighted by atomic mass is 10.3. The van der Waals surface area contributed by atoms with E-state index in [-0.39, 0.29) is 0 Å². The molecule has 0 aromatic heterocycles. The zero-order valence-electron chi connectivity index (χ0n) is 14.9. The average molecular weight is 359 g/mol. The first-order valence-corrected chi connectivity index (χ1v) is 8.68. The highest BCUT2D eigenvalue weighted by Crippen LogP contribution is 2.30. The van der Waals surface area contributed by atoms with Gasteiger partial charge in [0.05, 0.1) is 12.3 Å². The Morgan fingerprint density at radius 1 is 1.04 bits per heavy atom. The van der Waals surface area contributed by atoms with Gasteiger partial charge in [0.2, 0.25) is 0 Å². The average Bonchev–Trinajstić information content (AvgIpc) is 2.58. The Balaban J connectivity index is 1.98. The van der Waals surface area contributed by atoms with Crippen molar-refractivity contribution in [2.45, 2.75) is 6.92 Å². The molecule has 0 atom stereocenters. The molecule has 0 unspecified atom stereocenters. The van der Waals surface area contributed by atoms with Gasteiger partial charge in [-0.2, -0.15) is 0 Å². The van der Waals surface area contributed by atoms with Gasteiger partial charge in [-0.05, 0) is 69.6 Å². The Labute approximate surface area is 154 Å². The van der Waals surface area contributed by atoms with Crippen molar-refractivity contribution in [1.82, 2.24) is 10.2 Å². The van der Waals surface area contributed by atoms with E-state index in [0.29, 0.717) is 17.5 Å². The largest absolute Gasteiger partial charge is 0.494 e. The number of likely N-dealkylation sites (N-methyl/N-ethyl adjacent to an activating group) is 1. The standard InChI is InChI=1S/C19H25N3O2S/c1-4-23-15-9-11-16(12-10-15)24-18-8-6-5-7-17(18)21-19(25)20-13-14-22(2)3/h5-12H,4,13-14H2,1-3H3,(H2,20,21,25). The summed E-state index contributed by atoms with van der Waals surface area (Å²) in [6, 6.07) is 15.3.